The maximum atomic E-state index is 12.4. The molecule has 0 radical (unpaired) electrons. The van der Waals surface area contributed by atoms with Crippen molar-refractivity contribution in [1.29, 1.82) is 0 Å². The molecule has 0 unspecified atom stereocenters. The summed E-state index contributed by atoms with van der Waals surface area (Å²) in [7, 11) is 0. The Morgan fingerprint density at radius 2 is 2.22 bits per heavy atom. The lowest BCUT2D eigenvalue weighted by atomic mass is 9.57. The molecule has 0 spiro atoms. The van der Waals surface area contributed by atoms with Crippen molar-refractivity contribution in [1.82, 2.24) is 5.32 Å². The van der Waals surface area contributed by atoms with Crippen molar-refractivity contribution in [2.24, 2.45) is 11.3 Å². The highest BCUT2D eigenvalue weighted by Crippen LogP contribution is 2.52. The summed E-state index contributed by atoms with van der Waals surface area (Å²) in [4.78, 5) is 12.4. The minimum absolute atomic E-state index is 0.00756. The molecule has 1 aromatic carbocycles. The molecule has 1 saturated carbocycles. The molecule has 2 aliphatic rings. The number of anilines is 1. The molecule has 5 nitrogen and oxygen atoms in total. The Labute approximate surface area is 137 Å². The fourth-order valence-electron chi connectivity index (χ4n) is 3.95. The van der Waals surface area contributed by atoms with Crippen LogP contribution in [0.1, 0.15) is 32.8 Å². The summed E-state index contributed by atoms with van der Waals surface area (Å²) in [5.74, 6) is 1.26. The third-order valence-corrected chi connectivity index (χ3v) is 5.14. The average molecular weight is 318 g/mol. The molecular formula is C18H26N2O3. The maximum absolute atomic E-state index is 12.4. The zero-order chi connectivity index (χ0) is 16.6. The number of urea groups is 1. The largest absolute Gasteiger partial charge is 0.494 e. The molecule has 5 heteroatoms. The molecule has 1 aliphatic carbocycles. The summed E-state index contributed by atoms with van der Waals surface area (Å²) in [6, 6.07) is 5.71. The van der Waals surface area contributed by atoms with Crippen LogP contribution in [0, 0.1) is 18.3 Å². The van der Waals surface area contributed by atoms with Gasteiger partial charge in [-0.25, -0.2) is 4.79 Å². The van der Waals surface area contributed by atoms with E-state index in [9.17, 15) is 4.79 Å². The van der Waals surface area contributed by atoms with Gasteiger partial charge in [-0.3, -0.25) is 0 Å². The number of carbonyl (C=O) groups excluding carboxylic acids is 1. The molecule has 1 aromatic rings. The van der Waals surface area contributed by atoms with Crippen LogP contribution in [0.15, 0.2) is 18.2 Å². The van der Waals surface area contributed by atoms with Gasteiger partial charge >= 0.3 is 6.03 Å². The Morgan fingerprint density at radius 3 is 2.91 bits per heavy atom. The second-order valence-corrected chi connectivity index (χ2v) is 7.05. The van der Waals surface area contributed by atoms with Crippen LogP contribution in [0.25, 0.3) is 0 Å². The van der Waals surface area contributed by atoms with Gasteiger partial charge in [-0.2, -0.15) is 0 Å². The number of ether oxygens (including phenoxy) is 2. The number of nitrogens with one attached hydrogen (secondary N) is 2. The van der Waals surface area contributed by atoms with E-state index < -0.39 is 0 Å². The van der Waals surface area contributed by atoms with Gasteiger partial charge in [-0.15, -0.1) is 0 Å². The van der Waals surface area contributed by atoms with E-state index in [2.05, 4.69) is 24.5 Å². The molecule has 3 atom stereocenters. The minimum atomic E-state index is -0.152. The summed E-state index contributed by atoms with van der Waals surface area (Å²) in [5.41, 5.74) is 1.79. The highest BCUT2D eigenvalue weighted by atomic mass is 16.5. The Hall–Kier alpha value is -1.75. The Balaban J connectivity index is 1.62. The van der Waals surface area contributed by atoms with E-state index in [-0.39, 0.29) is 23.6 Å². The van der Waals surface area contributed by atoms with Crippen LogP contribution in [-0.2, 0) is 4.74 Å². The molecule has 126 valence electrons. The molecule has 0 bridgehead atoms. The first-order valence-corrected chi connectivity index (χ1v) is 8.36. The molecule has 1 saturated heterocycles. The van der Waals surface area contributed by atoms with E-state index in [0.717, 1.165) is 30.0 Å². The van der Waals surface area contributed by atoms with Gasteiger partial charge in [0, 0.05) is 29.7 Å². The van der Waals surface area contributed by atoms with Crippen LogP contribution >= 0.6 is 0 Å². The van der Waals surface area contributed by atoms with Crippen molar-refractivity contribution in [3.8, 4) is 5.75 Å². The van der Waals surface area contributed by atoms with Crippen molar-refractivity contribution in [3.63, 3.8) is 0 Å². The highest BCUT2D eigenvalue weighted by molar-refractivity contribution is 5.90. The molecule has 23 heavy (non-hydrogen) atoms. The first kappa shape index (κ1) is 16.1. The van der Waals surface area contributed by atoms with Crippen molar-refractivity contribution >= 4 is 11.7 Å². The van der Waals surface area contributed by atoms with Gasteiger partial charge < -0.3 is 20.1 Å². The third kappa shape index (κ3) is 2.90. The van der Waals surface area contributed by atoms with E-state index in [1.807, 2.05) is 32.0 Å². The lowest BCUT2D eigenvalue weighted by Crippen LogP contribution is -2.67. The van der Waals surface area contributed by atoms with E-state index in [4.69, 9.17) is 9.47 Å². The van der Waals surface area contributed by atoms with Gasteiger partial charge in [-0.1, -0.05) is 13.8 Å². The molecule has 2 N–H and O–H groups in total. The molecule has 1 aliphatic heterocycles. The Kier molecular flexibility index (Phi) is 4.23. The summed E-state index contributed by atoms with van der Waals surface area (Å²) in [5, 5.41) is 6.08. The fraction of sp³-hybridized carbons (Fsp3) is 0.611. The minimum Gasteiger partial charge on any atom is -0.494 e. The first-order valence-electron chi connectivity index (χ1n) is 8.36. The summed E-state index contributed by atoms with van der Waals surface area (Å²) in [6.45, 7) is 9.67. The highest BCUT2D eigenvalue weighted by Gasteiger charge is 2.59. The number of rotatable bonds is 4. The lowest BCUT2D eigenvalue weighted by Gasteiger charge is -2.54. The average Bonchev–Trinajstić information content (AvgIpc) is 2.95. The topological polar surface area (TPSA) is 59.6 Å². The standard InChI is InChI=1S/C18H26N2O3/c1-5-22-12-6-7-14(11(2)10-12)19-17(21)20-15-13-8-9-23-16(13)18(15,3)4/h6-7,10,13,15-16H,5,8-9H2,1-4H3,(H2,19,20,21)/t13-,15+,16+/m0/s1. The second-order valence-electron chi connectivity index (χ2n) is 7.05. The zero-order valence-corrected chi connectivity index (χ0v) is 14.3. The van der Waals surface area contributed by atoms with Crippen molar-refractivity contribution in [2.45, 2.75) is 46.3 Å². The van der Waals surface area contributed by atoms with Crippen molar-refractivity contribution in [3.05, 3.63) is 23.8 Å². The van der Waals surface area contributed by atoms with Crippen LogP contribution in [0.3, 0.4) is 0 Å². The van der Waals surface area contributed by atoms with Crippen LogP contribution in [-0.4, -0.2) is 31.4 Å². The van der Waals surface area contributed by atoms with Gasteiger partial charge in [-0.05, 0) is 44.0 Å². The van der Waals surface area contributed by atoms with Gasteiger partial charge in [0.15, 0.2) is 0 Å². The Morgan fingerprint density at radius 1 is 1.43 bits per heavy atom. The quantitative estimate of drug-likeness (QED) is 0.895. The summed E-state index contributed by atoms with van der Waals surface area (Å²) < 4.78 is 11.2. The number of hydrogen-bond acceptors (Lipinski definition) is 3. The van der Waals surface area contributed by atoms with Crippen LogP contribution in [0.4, 0.5) is 10.5 Å². The fourth-order valence-corrected chi connectivity index (χ4v) is 3.95. The first-order chi connectivity index (χ1) is 10.9. The number of hydrogen-bond donors (Lipinski definition) is 2. The van der Waals surface area contributed by atoms with Crippen LogP contribution in [0.2, 0.25) is 0 Å². The molecule has 0 aromatic heterocycles. The summed E-state index contributed by atoms with van der Waals surface area (Å²) >= 11 is 0. The molecular weight excluding hydrogens is 292 g/mol. The van der Waals surface area contributed by atoms with Crippen molar-refractivity contribution < 1.29 is 14.3 Å². The number of carbonyl (C=O) groups is 1. The van der Waals surface area contributed by atoms with Crippen LogP contribution < -0.4 is 15.4 Å². The summed E-state index contributed by atoms with van der Waals surface area (Å²) in [6.07, 6.45) is 1.31. The lowest BCUT2D eigenvalue weighted by molar-refractivity contribution is -0.107. The Bertz CT molecular complexity index is 600. The number of benzene rings is 1. The molecule has 1 heterocycles. The molecule has 2 fully saturated rings. The van der Waals surface area contributed by atoms with E-state index in [0.29, 0.717) is 12.5 Å². The second kappa shape index (κ2) is 6.04. The molecule has 2 amide bonds. The predicted octanol–water partition coefficient (Wildman–Crippen LogP) is 3.33. The number of aryl methyl sites for hydroxylation is 1. The third-order valence-electron chi connectivity index (χ3n) is 5.14. The van der Waals surface area contributed by atoms with Gasteiger partial charge in [0.05, 0.1) is 12.7 Å². The van der Waals surface area contributed by atoms with E-state index >= 15 is 0 Å². The number of amides is 2. The monoisotopic (exact) mass is 318 g/mol. The zero-order valence-electron chi connectivity index (χ0n) is 14.3. The van der Waals surface area contributed by atoms with E-state index in [1.54, 1.807) is 0 Å². The van der Waals surface area contributed by atoms with Gasteiger partial charge in [0.2, 0.25) is 0 Å². The van der Waals surface area contributed by atoms with Gasteiger partial charge in [0.1, 0.15) is 5.75 Å². The van der Waals surface area contributed by atoms with Crippen molar-refractivity contribution in [2.75, 3.05) is 18.5 Å². The van der Waals surface area contributed by atoms with Crippen LogP contribution in [0.5, 0.6) is 5.75 Å². The normalized spacial score (nSPS) is 27.7. The maximum Gasteiger partial charge on any atom is 0.319 e. The van der Waals surface area contributed by atoms with E-state index in [1.165, 1.54) is 0 Å². The molecule has 3 rings (SSSR count). The predicted molar refractivity (Wildman–Crippen MR) is 89.9 cm³/mol. The SMILES string of the molecule is CCOc1ccc(NC(=O)N[C@@H]2[C@@H]3CCO[C@H]3C2(C)C)c(C)c1. The smallest absolute Gasteiger partial charge is 0.319 e. The number of fused-ring (bicyclic) bond motifs is 1. The van der Waals surface area contributed by atoms with Gasteiger partial charge in [0.25, 0.3) is 0 Å².